The number of hydrogen-bond donors (Lipinski definition) is 1. The van der Waals surface area contributed by atoms with Gasteiger partial charge in [-0.25, -0.2) is 4.79 Å². The molecule has 0 aliphatic rings. The normalized spacial score (nSPS) is 10.7. The van der Waals surface area contributed by atoms with Gasteiger partial charge >= 0.3 is 5.97 Å². The van der Waals surface area contributed by atoms with Gasteiger partial charge in [-0.15, -0.1) is 0 Å². The topological polar surface area (TPSA) is 50.2 Å². The van der Waals surface area contributed by atoms with E-state index in [1.165, 1.54) is 6.07 Å². The van der Waals surface area contributed by atoms with Crippen molar-refractivity contribution in [3.05, 3.63) is 65.4 Å². The van der Waals surface area contributed by atoms with Gasteiger partial charge in [-0.1, -0.05) is 35.9 Å². The number of fused-ring (bicyclic) bond motifs is 1. The molecule has 0 unspecified atom stereocenters. The third kappa shape index (κ3) is 2.12. The van der Waals surface area contributed by atoms with E-state index in [4.69, 9.17) is 16.7 Å². The molecule has 0 fully saturated rings. The number of rotatable bonds is 2. The van der Waals surface area contributed by atoms with Crippen LogP contribution in [0.15, 0.2) is 54.9 Å². The Morgan fingerprint density at radius 3 is 2.70 bits per heavy atom. The SMILES string of the molecule is O=C(O)c1ccc(-c2cccc3ccncc23)c(Cl)c1. The Bertz CT molecular complexity index is 809. The van der Waals surface area contributed by atoms with Crippen LogP contribution in [-0.4, -0.2) is 16.1 Å². The molecule has 2 aromatic carbocycles. The average molecular weight is 284 g/mol. The molecule has 0 amide bonds. The summed E-state index contributed by atoms with van der Waals surface area (Å²) in [5, 5.41) is 11.4. The van der Waals surface area contributed by atoms with Crippen LogP contribution in [0.4, 0.5) is 0 Å². The van der Waals surface area contributed by atoms with Crippen molar-refractivity contribution in [2.24, 2.45) is 0 Å². The molecule has 98 valence electrons. The molecule has 1 aromatic heterocycles. The zero-order chi connectivity index (χ0) is 14.1. The quantitative estimate of drug-likeness (QED) is 0.765. The minimum atomic E-state index is -0.988. The van der Waals surface area contributed by atoms with E-state index in [0.717, 1.165) is 21.9 Å². The lowest BCUT2D eigenvalue weighted by Gasteiger charge is -2.09. The Kier molecular flexibility index (Phi) is 3.12. The maximum Gasteiger partial charge on any atom is 0.335 e. The number of pyridine rings is 1. The summed E-state index contributed by atoms with van der Waals surface area (Å²) >= 11 is 6.22. The van der Waals surface area contributed by atoms with Crippen molar-refractivity contribution in [3.63, 3.8) is 0 Å². The first-order chi connectivity index (χ1) is 9.66. The van der Waals surface area contributed by atoms with Gasteiger partial charge in [0.1, 0.15) is 0 Å². The van der Waals surface area contributed by atoms with E-state index in [1.54, 1.807) is 24.5 Å². The zero-order valence-electron chi connectivity index (χ0n) is 10.4. The van der Waals surface area contributed by atoms with Gasteiger partial charge in [0.2, 0.25) is 0 Å². The number of aromatic nitrogens is 1. The number of nitrogens with zero attached hydrogens (tertiary/aromatic N) is 1. The van der Waals surface area contributed by atoms with E-state index >= 15 is 0 Å². The smallest absolute Gasteiger partial charge is 0.335 e. The van der Waals surface area contributed by atoms with Crippen LogP contribution in [0.25, 0.3) is 21.9 Å². The highest BCUT2D eigenvalue weighted by Crippen LogP contribution is 2.33. The summed E-state index contributed by atoms with van der Waals surface area (Å²) in [5.74, 6) is -0.988. The van der Waals surface area contributed by atoms with Crippen LogP contribution in [0.1, 0.15) is 10.4 Å². The molecule has 3 aromatic rings. The van der Waals surface area contributed by atoms with E-state index in [-0.39, 0.29) is 5.56 Å². The molecule has 1 N–H and O–H groups in total. The molecule has 1 heterocycles. The van der Waals surface area contributed by atoms with Crippen LogP contribution in [0.5, 0.6) is 0 Å². The predicted molar refractivity (Wildman–Crippen MR) is 79.1 cm³/mol. The summed E-state index contributed by atoms with van der Waals surface area (Å²) < 4.78 is 0. The van der Waals surface area contributed by atoms with Crippen molar-refractivity contribution in [1.82, 2.24) is 4.98 Å². The first kappa shape index (κ1) is 12.6. The molecule has 0 radical (unpaired) electrons. The predicted octanol–water partition coefficient (Wildman–Crippen LogP) is 4.25. The van der Waals surface area contributed by atoms with Gasteiger partial charge < -0.3 is 5.11 Å². The number of carboxylic acids is 1. The summed E-state index contributed by atoms with van der Waals surface area (Å²) in [6, 6.07) is 12.6. The van der Waals surface area contributed by atoms with E-state index in [0.29, 0.717) is 5.02 Å². The fraction of sp³-hybridized carbons (Fsp3) is 0. The molecule has 0 bridgehead atoms. The number of hydrogen-bond acceptors (Lipinski definition) is 2. The summed E-state index contributed by atoms with van der Waals surface area (Å²) in [6.45, 7) is 0. The number of carbonyl (C=O) groups is 1. The largest absolute Gasteiger partial charge is 0.478 e. The van der Waals surface area contributed by atoms with Crippen LogP contribution < -0.4 is 0 Å². The van der Waals surface area contributed by atoms with Gasteiger partial charge in [0, 0.05) is 28.4 Å². The van der Waals surface area contributed by atoms with E-state index < -0.39 is 5.97 Å². The van der Waals surface area contributed by atoms with E-state index in [9.17, 15) is 4.79 Å². The molecule has 0 saturated heterocycles. The first-order valence-electron chi connectivity index (χ1n) is 6.03. The summed E-state index contributed by atoms with van der Waals surface area (Å²) in [6.07, 6.45) is 3.52. The molecule has 0 spiro atoms. The van der Waals surface area contributed by atoms with Crippen molar-refractivity contribution in [2.45, 2.75) is 0 Å². The summed E-state index contributed by atoms with van der Waals surface area (Å²) in [5.41, 5.74) is 1.92. The van der Waals surface area contributed by atoms with Gasteiger partial charge in [0.25, 0.3) is 0 Å². The second-order valence-electron chi connectivity index (χ2n) is 4.40. The van der Waals surface area contributed by atoms with Gasteiger partial charge in [-0.3, -0.25) is 4.98 Å². The third-order valence-corrected chi connectivity index (χ3v) is 3.50. The lowest BCUT2D eigenvalue weighted by atomic mass is 9.99. The number of aromatic carboxylic acids is 1. The third-order valence-electron chi connectivity index (χ3n) is 3.19. The second-order valence-corrected chi connectivity index (χ2v) is 4.81. The molecule has 0 aliphatic carbocycles. The molecular formula is C16H10ClNO2. The Balaban J connectivity index is 2.23. The molecule has 20 heavy (non-hydrogen) atoms. The number of halogens is 1. The fourth-order valence-corrected chi connectivity index (χ4v) is 2.50. The Hall–Kier alpha value is -2.39. The van der Waals surface area contributed by atoms with Crippen molar-refractivity contribution in [1.29, 1.82) is 0 Å². The van der Waals surface area contributed by atoms with Crippen LogP contribution in [-0.2, 0) is 0 Å². The lowest BCUT2D eigenvalue weighted by Crippen LogP contribution is -1.96. The Labute approximate surface area is 120 Å². The monoisotopic (exact) mass is 283 g/mol. The Morgan fingerprint density at radius 1 is 1.10 bits per heavy atom. The average Bonchev–Trinajstić information content (AvgIpc) is 2.46. The van der Waals surface area contributed by atoms with Crippen LogP contribution >= 0.6 is 11.6 Å². The summed E-state index contributed by atoms with van der Waals surface area (Å²) in [7, 11) is 0. The van der Waals surface area contributed by atoms with E-state index in [1.807, 2.05) is 24.3 Å². The van der Waals surface area contributed by atoms with Crippen molar-refractivity contribution < 1.29 is 9.90 Å². The van der Waals surface area contributed by atoms with Gasteiger partial charge in [-0.2, -0.15) is 0 Å². The molecule has 4 heteroatoms. The molecular weight excluding hydrogens is 274 g/mol. The van der Waals surface area contributed by atoms with Gasteiger partial charge in [0.05, 0.1) is 5.56 Å². The standard InChI is InChI=1S/C16H10ClNO2/c17-15-8-11(16(19)20)4-5-13(15)12-3-1-2-10-6-7-18-9-14(10)12/h1-9H,(H,19,20). The van der Waals surface area contributed by atoms with E-state index in [2.05, 4.69) is 4.98 Å². The number of benzene rings is 2. The van der Waals surface area contributed by atoms with Crippen molar-refractivity contribution in [2.75, 3.05) is 0 Å². The molecule has 0 saturated carbocycles. The summed E-state index contributed by atoms with van der Waals surface area (Å²) in [4.78, 5) is 15.1. The lowest BCUT2D eigenvalue weighted by molar-refractivity contribution is 0.0697. The van der Waals surface area contributed by atoms with Gasteiger partial charge in [-0.05, 0) is 29.1 Å². The van der Waals surface area contributed by atoms with Crippen LogP contribution in [0.2, 0.25) is 5.02 Å². The van der Waals surface area contributed by atoms with Crippen LogP contribution in [0, 0.1) is 0 Å². The van der Waals surface area contributed by atoms with Crippen molar-refractivity contribution >= 4 is 28.3 Å². The highest BCUT2D eigenvalue weighted by atomic mass is 35.5. The second kappa shape index (κ2) is 4.94. The minimum Gasteiger partial charge on any atom is -0.478 e. The molecule has 3 rings (SSSR count). The zero-order valence-corrected chi connectivity index (χ0v) is 11.1. The van der Waals surface area contributed by atoms with Gasteiger partial charge in [0.15, 0.2) is 0 Å². The fourth-order valence-electron chi connectivity index (χ4n) is 2.21. The minimum absolute atomic E-state index is 0.178. The van der Waals surface area contributed by atoms with Crippen LogP contribution in [0.3, 0.4) is 0 Å². The Morgan fingerprint density at radius 2 is 1.95 bits per heavy atom. The highest BCUT2D eigenvalue weighted by Gasteiger charge is 2.10. The molecule has 3 nitrogen and oxygen atoms in total. The highest BCUT2D eigenvalue weighted by molar-refractivity contribution is 6.34. The maximum absolute atomic E-state index is 10.9. The van der Waals surface area contributed by atoms with Crippen molar-refractivity contribution in [3.8, 4) is 11.1 Å². The molecule has 0 aliphatic heterocycles. The first-order valence-corrected chi connectivity index (χ1v) is 6.40. The molecule has 0 atom stereocenters. The number of carboxylic acid groups (broad SMARTS) is 1. The maximum atomic E-state index is 10.9.